The summed E-state index contributed by atoms with van der Waals surface area (Å²) in [6.45, 7) is 3.15. The van der Waals surface area contributed by atoms with E-state index in [2.05, 4.69) is 30.7 Å². The predicted molar refractivity (Wildman–Crippen MR) is 128 cm³/mol. The number of amides is 2. The Morgan fingerprint density at radius 2 is 1.00 bits per heavy atom. The van der Waals surface area contributed by atoms with Crippen LogP contribution in [0.3, 0.4) is 0 Å². The molecule has 172 valence electrons. The summed E-state index contributed by atoms with van der Waals surface area (Å²) in [5, 5.41) is 14.2. The van der Waals surface area contributed by atoms with Gasteiger partial charge in [-0.05, 0) is 103 Å². The fourth-order valence-electron chi connectivity index (χ4n) is 2.87. The van der Waals surface area contributed by atoms with Gasteiger partial charge in [0.25, 0.3) is 11.8 Å². The summed E-state index contributed by atoms with van der Waals surface area (Å²) >= 11 is 0. The van der Waals surface area contributed by atoms with Crippen LogP contribution in [-0.2, 0) is 0 Å². The monoisotopic (exact) mass is 438 g/mol. The lowest BCUT2D eigenvalue weighted by Gasteiger charge is -2.10. The Balaban J connectivity index is 1.82. The summed E-state index contributed by atoms with van der Waals surface area (Å²) < 4.78 is 0. The smallest absolute Gasteiger partial charge is 0.251 e. The van der Waals surface area contributed by atoms with Crippen LogP contribution in [0.5, 0.6) is 0 Å². The highest BCUT2D eigenvalue weighted by molar-refractivity contribution is 5.94. The number of benzene rings is 2. The Morgan fingerprint density at radius 1 is 0.656 bits per heavy atom. The Bertz CT molecular complexity index is 803. The van der Waals surface area contributed by atoms with E-state index in [9.17, 15) is 9.59 Å². The van der Waals surface area contributed by atoms with Crippen LogP contribution in [0, 0.1) is 0 Å². The first-order valence-electron chi connectivity index (χ1n) is 10.8. The third-order valence-electron chi connectivity index (χ3n) is 4.68. The molecule has 0 heterocycles. The van der Waals surface area contributed by atoms with Crippen molar-refractivity contribution in [2.24, 2.45) is 10.2 Å². The molecular formula is C24H34N6O2. The van der Waals surface area contributed by atoms with E-state index in [1.54, 1.807) is 48.5 Å². The Labute approximate surface area is 190 Å². The summed E-state index contributed by atoms with van der Waals surface area (Å²) in [7, 11) is 8.04. The zero-order chi connectivity index (χ0) is 23.3. The molecule has 2 N–H and O–H groups in total. The van der Waals surface area contributed by atoms with E-state index >= 15 is 0 Å². The molecule has 0 bridgehead atoms. The second kappa shape index (κ2) is 13.3. The van der Waals surface area contributed by atoms with E-state index < -0.39 is 0 Å². The van der Waals surface area contributed by atoms with Gasteiger partial charge in [-0.2, -0.15) is 10.2 Å². The molecule has 0 aromatic heterocycles. The fraction of sp³-hybridized carbons (Fsp3) is 0.417. The first kappa shape index (κ1) is 25.2. The molecule has 2 rings (SSSR count). The third kappa shape index (κ3) is 9.36. The Kier molecular flexibility index (Phi) is 10.5. The average molecular weight is 439 g/mol. The SMILES string of the molecule is CN(C)CCCNC(=O)c1ccc(N=Nc2ccc(C(=O)NCCCN(C)C)cc2)cc1. The molecule has 0 saturated carbocycles. The molecule has 2 amide bonds. The second-order valence-corrected chi connectivity index (χ2v) is 8.12. The van der Waals surface area contributed by atoms with Crippen molar-refractivity contribution in [2.75, 3.05) is 54.4 Å². The first-order chi connectivity index (χ1) is 15.3. The molecule has 8 heteroatoms. The third-order valence-corrected chi connectivity index (χ3v) is 4.68. The number of carbonyl (C=O) groups excluding carboxylic acids is 2. The Hall–Kier alpha value is -3.10. The molecule has 0 saturated heterocycles. The number of azo groups is 1. The van der Waals surface area contributed by atoms with Crippen LogP contribution in [0.1, 0.15) is 33.6 Å². The highest BCUT2D eigenvalue weighted by atomic mass is 16.2. The number of hydrogen-bond acceptors (Lipinski definition) is 6. The van der Waals surface area contributed by atoms with Crippen molar-refractivity contribution in [3.63, 3.8) is 0 Å². The van der Waals surface area contributed by atoms with E-state index in [0.717, 1.165) is 25.9 Å². The summed E-state index contributed by atoms with van der Waals surface area (Å²) in [5.41, 5.74) is 2.48. The van der Waals surface area contributed by atoms with E-state index in [1.807, 2.05) is 28.2 Å². The van der Waals surface area contributed by atoms with Crippen LogP contribution >= 0.6 is 0 Å². The lowest BCUT2D eigenvalue weighted by Crippen LogP contribution is -2.27. The average Bonchev–Trinajstić information content (AvgIpc) is 2.78. The molecule has 0 fully saturated rings. The maximum absolute atomic E-state index is 12.2. The highest BCUT2D eigenvalue weighted by Gasteiger charge is 2.06. The van der Waals surface area contributed by atoms with Crippen molar-refractivity contribution in [3.05, 3.63) is 59.7 Å². The molecule has 0 spiro atoms. The van der Waals surface area contributed by atoms with Gasteiger partial charge in [0.2, 0.25) is 0 Å². The van der Waals surface area contributed by atoms with Gasteiger partial charge in [0.05, 0.1) is 11.4 Å². The summed E-state index contributed by atoms with van der Waals surface area (Å²) in [5.74, 6) is -0.189. The van der Waals surface area contributed by atoms with Gasteiger partial charge >= 0.3 is 0 Å². The number of hydrogen-bond donors (Lipinski definition) is 2. The topological polar surface area (TPSA) is 89.4 Å². The molecule has 0 aliphatic heterocycles. The molecule has 8 nitrogen and oxygen atoms in total. The molecule has 0 atom stereocenters. The van der Waals surface area contributed by atoms with Gasteiger partial charge in [-0.3, -0.25) is 9.59 Å². The van der Waals surface area contributed by atoms with Crippen LogP contribution in [0.2, 0.25) is 0 Å². The largest absolute Gasteiger partial charge is 0.352 e. The maximum Gasteiger partial charge on any atom is 0.251 e. The molecule has 2 aromatic carbocycles. The van der Waals surface area contributed by atoms with Gasteiger partial charge in [0.15, 0.2) is 0 Å². The molecule has 0 aliphatic rings. The van der Waals surface area contributed by atoms with Gasteiger partial charge in [0, 0.05) is 24.2 Å². The van der Waals surface area contributed by atoms with Crippen LogP contribution in [0.4, 0.5) is 11.4 Å². The lowest BCUT2D eigenvalue weighted by molar-refractivity contribution is 0.0944. The summed E-state index contributed by atoms with van der Waals surface area (Å²) in [6.07, 6.45) is 1.81. The molecule has 32 heavy (non-hydrogen) atoms. The second-order valence-electron chi connectivity index (χ2n) is 8.12. The molecule has 0 aliphatic carbocycles. The standard InChI is InChI=1S/C24H34N6O2/c1-29(2)17-5-15-25-23(31)19-7-11-21(12-8-19)27-28-22-13-9-20(10-14-22)24(32)26-16-6-18-30(3)4/h7-14H,5-6,15-18H2,1-4H3,(H,25,31)(H,26,32). The van der Waals surface area contributed by atoms with Gasteiger partial charge in [0.1, 0.15) is 0 Å². The van der Waals surface area contributed by atoms with Gasteiger partial charge < -0.3 is 20.4 Å². The van der Waals surface area contributed by atoms with Crippen LogP contribution in [0.15, 0.2) is 58.8 Å². The maximum atomic E-state index is 12.2. The van der Waals surface area contributed by atoms with Crippen molar-refractivity contribution in [1.29, 1.82) is 0 Å². The van der Waals surface area contributed by atoms with E-state index in [-0.39, 0.29) is 11.8 Å². The van der Waals surface area contributed by atoms with Crippen LogP contribution in [0.25, 0.3) is 0 Å². The highest BCUT2D eigenvalue weighted by Crippen LogP contribution is 2.19. The normalized spacial score (nSPS) is 11.3. The molecular weight excluding hydrogens is 404 g/mol. The van der Waals surface area contributed by atoms with Gasteiger partial charge in [-0.15, -0.1) is 0 Å². The van der Waals surface area contributed by atoms with Crippen molar-refractivity contribution in [3.8, 4) is 0 Å². The molecule has 2 aromatic rings. The van der Waals surface area contributed by atoms with Gasteiger partial charge in [-0.25, -0.2) is 0 Å². The zero-order valence-corrected chi connectivity index (χ0v) is 19.5. The first-order valence-corrected chi connectivity index (χ1v) is 10.8. The predicted octanol–water partition coefficient (Wildman–Crippen LogP) is 3.47. The molecule has 0 radical (unpaired) electrons. The van der Waals surface area contributed by atoms with Crippen molar-refractivity contribution in [2.45, 2.75) is 12.8 Å². The summed E-state index contributed by atoms with van der Waals surface area (Å²) in [4.78, 5) is 28.5. The van der Waals surface area contributed by atoms with E-state index in [0.29, 0.717) is 35.6 Å². The number of rotatable bonds is 12. The summed E-state index contributed by atoms with van der Waals surface area (Å²) in [6, 6.07) is 14.0. The van der Waals surface area contributed by atoms with E-state index in [1.165, 1.54) is 0 Å². The number of nitrogens with zero attached hydrogens (tertiary/aromatic N) is 4. The minimum Gasteiger partial charge on any atom is -0.352 e. The Morgan fingerprint density at radius 3 is 1.31 bits per heavy atom. The van der Waals surface area contributed by atoms with Crippen LogP contribution in [-0.4, -0.2) is 76.0 Å². The van der Waals surface area contributed by atoms with Crippen molar-refractivity contribution >= 4 is 23.2 Å². The number of carbonyl (C=O) groups is 2. The number of nitrogens with one attached hydrogen (secondary N) is 2. The minimum atomic E-state index is -0.0946. The molecule has 0 unspecified atom stereocenters. The van der Waals surface area contributed by atoms with E-state index in [4.69, 9.17) is 0 Å². The quantitative estimate of drug-likeness (QED) is 0.392. The minimum absolute atomic E-state index is 0.0946. The zero-order valence-electron chi connectivity index (χ0n) is 19.5. The fourth-order valence-corrected chi connectivity index (χ4v) is 2.87. The van der Waals surface area contributed by atoms with Crippen LogP contribution < -0.4 is 10.6 Å². The van der Waals surface area contributed by atoms with Crippen molar-refractivity contribution in [1.82, 2.24) is 20.4 Å². The van der Waals surface area contributed by atoms with Crippen molar-refractivity contribution < 1.29 is 9.59 Å². The lowest BCUT2D eigenvalue weighted by atomic mass is 10.2. The van der Waals surface area contributed by atoms with Gasteiger partial charge in [-0.1, -0.05) is 0 Å².